The molecule has 2 rings (SSSR count). The monoisotopic (exact) mass is 328 g/mol. The van der Waals surface area contributed by atoms with Crippen LogP contribution in [0.4, 0.5) is 0 Å². The first-order chi connectivity index (χ1) is 8.00. The van der Waals surface area contributed by atoms with E-state index in [-0.39, 0.29) is 4.83 Å². The zero-order chi connectivity index (χ0) is 12.6. The molecule has 0 spiro atoms. The first-order valence-corrected chi connectivity index (χ1v) is 7.67. The van der Waals surface area contributed by atoms with Gasteiger partial charge in [0.2, 0.25) is 0 Å². The number of hydrogen-bond acceptors (Lipinski definition) is 1. The fourth-order valence-corrected chi connectivity index (χ4v) is 4.13. The predicted molar refractivity (Wildman–Crippen MR) is 80.8 cm³/mol. The number of rotatable bonds is 2. The van der Waals surface area contributed by atoms with Gasteiger partial charge in [0.15, 0.2) is 0 Å². The Kier molecular flexibility index (Phi) is 3.96. The molecule has 3 heteroatoms. The highest BCUT2D eigenvalue weighted by molar-refractivity contribution is 9.09. The summed E-state index contributed by atoms with van der Waals surface area (Å²) in [5.74, 6) is 0. The van der Waals surface area contributed by atoms with Crippen LogP contribution >= 0.6 is 38.9 Å². The van der Waals surface area contributed by atoms with E-state index in [1.807, 2.05) is 13.0 Å². The van der Waals surface area contributed by atoms with Gasteiger partial charge in [-0.3, -0.25) is 0 Å². The van der Waals surface area contributed by atoms with E-state index in [4.69, 9.17) is 11.6 Å². The van der Waals surface area contributed by atoms with Crippen molar-refractivity contribution in [1.29, 1.82) is 0 Å². The third kappa shape index (κ3) is 2.59. The molecule has 0 bridgehead atoms. The van der Waals surface area contributed by atoms with Crippen LogP contribution in [-0.2, 0) is 0 Å². The number of hydrogen-bond donors (Lipinski definition) is 0. The summed E-state index contributed by atoms with van der Waals surface area (Å²) in [6.07, 6.45) is 0. The SMILES string of the molecule is Cc1cc(C(Br)c2cscc2C)c(C)cc1Cl. The third-order valence-electron chi connectivity index (χ3n) is 2.99. The molecule has 0 amide bonds. The van der Waals surface area contributed by atoms with Crippen molar-refractivity contribution in [3.05, 3.63) is 55.7 Å². The predicted octanol–water partition coefficient (Wildman–Crippen LogP) is 5.81. The van der Waals surface area contributed by atoms with E-state index in [9.17, 15) is 0 Å². The van der Waals surface area contributed by atoms with Gasteiger partial charge in [-0.25, -0.2) is 0 Å². The normalized spacial score (nSPS) is 12.8. The van der Waals surface area contributed by atoms with Crippen LogP contribution in [0.3, 0.4) is 0 Å². The third-order valence-corrected chi connectivity index (χ3v) is 5.26. The molecule has 17 heavy (non-hydrogen) atoms. The number of aryl methyl sites for hydroxylation is 3. The molecular weight excluding hydrogens is 316 g/mol. The lowest BCUT2D eigenvalue weighted by Crippen LogP contribution is -1.97. The van der Waals surface area contributed by atoms with Crippen molar-refractivity contribution in [3.8, 4) is 0 Å². The molecule has 0 fully saturated rings. The molecule has 1 heterocycles. The van der Waals surface area contributed by atoms with Gasteiger partial charge in [0.25, 0.3) is 0 Å². The largest absolute Gasteiger partial charge is 0.152 e. The Balaban J connectivity index is 2.48. The van der Waals surface area contributed by atoms with E-state index >= 15 is 0 Å². The Bertz CT molecular complexity index is 545. The smallest absolute Gasteiger partial charge is 0.0657 e. The second kappa shape index (κ2) is 5.13. The van der Waals surface area contributed by atoms with E-state index in [2.05, 4.69) is 46.6 Å². The van der Waals surface area contributed by atoms with Crippen LogP contribution in [0.1, 0.15) is 32.6 Å². The molecule has 1 atom stereocenters. The van der Waals surface area contributed by atoms with Crippen molar-refractivity contribution in [2.24, 2.45) is 0 Å². The molecule has 1 aromatic heterocycles. The maximum atomic E-state index is 6.13. The lowest BCUT2D eigenvalue weighted by molar-refractivity contribution is 1.12. The van der Waals surface area contributed by atoms with Gasteiger partial charge in [-0.15, -0.1) is 0 Å². The Morgan fingerprint density at radius 2 is 1.71 bits per heavy atom. The highest BCUT2D eigenvalue weighted by Crippen LogP contribution is 2.37. The van der Waals surface area contributed by atoms with Gasteiger partial charge in [0.1, 0.15) is 0 Å². The fraction of sp³-hybridized carbons (Fsp3) is 0.286. The summed E-state index contributed by atoms with van der Waals surface area (Å²) in [6, 6.07) is 4.22. The van der Waals surface area contributed by atoms with Gasteiger partial charge in [-0.2, -0.15) is 11.3 Å². The van der Waals surface area contributed by atoms with Crippen molar-refractivity contribution in [2.45, 2.75) is 25.6 Å². The Morgan fingerprint density at radius 1 is 1.00 bits per heavy atom. The molecule has 0 radical (unpaired) electrons. The van der Waals surface area contributed by atoms with E-state index in [1.54, 1.807) is 11.3 Å². The molecule has 0 aliphatic heterocycles. The van der Waals surface area contributed by atoms with Gasteiger partial charge in [0, 0.05) is 5.02 Å². The van der Waals surface area contributed by atoms with Crippen LogP contribution in [0.25, 0.3) is 0 Å². The molecular formula is C14H14BrClS. The van der Waals surface area contributed by atoms with Crippen LogP contribution in [0.5, 0.6) is 0 Å². The summed E-state index contributed by atoms with van der Waals surface area (Å²) >= 11 is 11.7. The van der Waals surface area contributed by atoms with E-state index < -0.39 is 0 Å². The number of benzene rings is 1. The number of thiophene rings is 1. The second-order valence-corrected chi connectivity index (χ2v) is 6.40. The summed E-state index contributed by atoms with van der Waals surface area (Å²) in [5.41, 5.74) is 6.34. The van der Waals surface area contributed by atoms with E-state index in [0.717, 1.165) is 10.6 Å². The van der Waals surface area contributed by atoms with Crippen LogP contribution in [0, 0.1) is 20.8 Å². The molecule has 2 aromatic rings. The van der Waals surface area contributed by atoms with Crippen molar-refractivity contribution in [2.75, 3.05) is 0 Å². The number of halogens is 2. The highest BCUT2D eigenvalue weighted by atomic mass is 79.9. The Hall–Kier alpha value is -0.310. The topological polar surface area (TPSA) is 0 Å². The quantitative estimate of drug-likeness (QED) is 0.610. The summed E-state index contributed by atoms with van der Waals surface area (Å²) in [6.45, 7) is 6.31. The fourth-order valence-electron chi connectivity index (χ4n) is 1.87. The van der Waals surface area contributed by atoms with Gasteiger partial charge in [0.05, 0.1) is 4.83 Å². The number of alkyl halides is 1. The first kappa shape index (κ1) is 13.1. The van der Waals surface area contributed by atoms with Crippen LogP contribution in [-0.4, -0.2) is 0 Å². The van der Waals surface area contributed by atoms with Crippen molar-refractivity contribution in [1.82, 2.24) is 0 Å². The Labute approximate surface area is 120 Å². The Morgan fingerprint density at radius 3 is 2.29 bits per heavy atom. The molecule has 1 unspecified atom stereocenters. The molecule has 0 aliphatic carbocycles. The standard InChI is InChI=1S/C14H14BrClS/c1-8-5-13(16)9(2)4-11(8)14(15)12-7-17-6-10(12)3/h4-7,14H,1-3H3. The van der Waals surface area contributed by atoms with Crippen LogP contribution in [0.2, 0.25) is 5.02 Å². The lowest BCUT2D eigenvalue weighted by atomic mass is 9.98. The molecule has 0 saturated heterocycles. The lowest BCUT2D eigenvalue weighted by Gasteiger charge is -2.15. The molecule has 1 aromatic carbocycles. The minimum atomic E-state index is 0.254. The summed E-state index contributed by atoms with van der Waals surface area (Å²) < 4.78 is 0. The highest BCUT2D eigenvalue weighted by Gasteiger charge is 2.16. The first-order valence-electron chi connectivity index (χ1n) is 5.44. The summed E-state index contributed by atoms with van der Waals surface area (Å²) in [5, 5.41) is 5.23. The minimum absolute atomic E-state index is 0.254. The summed E-state index contributed by atoms with van der Waals surface area (Å²) in [7, 11) is 0. The average Bonchev–Trinajstić information content (AvgIpc) is 2.69. The second-order valence-electron chi connectivity index (χ2n) is 4.33. The van der Waals surface area contributed by atoms with Gasteiger partial charge in [-0.1, -0.05) is 33.6 Å². The van der Waals surface area contributed by atoms with Gasteiger partial charge in [-0.05, 0) is 65.4 Å². The minimum Gasteiger partial charge on any atom is -0.152 e. The molecule has 0 aliphatic rings. The molecule has 0 saturated carbocycles. The van der Waals surface area contributed by atoms with Crippen molar-refractivity contribution >= 4 is 38.9 Å². The van der Waals surface area contributed by atoms with E-state index in [0.29, 0.717) is 0 Å². The zero-order valence-electron chi connectivity index (χ0n) is 10.1. The average molecular weight is 330 g/mol. The van der Waals surface area contributed by atoms with Gasteiger partial charge < -0.3 is 0 Å². The maximum absolute atomic E-state index is 6.13. The summed E-state index contributed by atoms with van der Waals surface area (Å²) in [4.78, 5) is 0.254. The van der Waals surface area contributed by atoms with Crippen molar-refractivity contribution in [3.63, 3.8) is 0 Å². The molecule has 0 N–H and O–H groups in total. The van der Waals surface area contributed by atoms with Crippen molar-refractivity contribution < 1.29 is 0 Å². The molecule has 0 nitrogen and oxygen atoms in total. The maximum Gasteiger partial charge on any atom is 0.0657 e. The van der Waals surface area contributed by atoms with E-state index in [1.165, 1.54) is 22.3 Å². The zero-order valence-corrected chi connectivity index (χ0v) is 13.2. The molecule has 90 valence electrons. The van der Waals surface area contributed by atoms with Crippen LogP contribution < -0.4 is 0 Å². The van der Waals surface area contributed by atoms with Gasteiger partial charge >= 0.3 is 0 Å². The van der Waals surface area contributed by atoms with Crippen LogP contribution in [0.15, 0.2) is 22.9 Å².